The number of rotatable bonds is 5. The number of carbonyl (C=O) groups is 2. The van der Waals surface area contributed by atoms with Gasteiger partial charge < -0.3 is 9.73 Å². The molecule has 0 saturated carbocycles. The van der Waals surface area contributed by atoms with E-state index in [4.69, 9.17) is 4.42 Å². The van der Waals surface area contributed by atoms with E-state index in [1.54, 1.807) is 30.3 Å². The number of carbonyl (C=O) groups excluding carboxylic acids is 2. The minimum absolute atomic E-state index is 0.208. The Kier molecular flexibility index (Phi) is 4.80. The summed E-state index contributed by atoms with van der Waals surface area (Å²) < 4.78 is 5.07. The third-order valence-electron chi connectivity index (χ3n) is 3.59. The molecule has 2 aromatic carbocycles. The van der Waals surface area contributed by atoms with Crippen molar-refractivity contribution in [2.75, 3.05) is 10.7 Å². The number of hydrazine groups is 1. The molecule has 0 aliphatic carbocycles. The first-order valence-corrected chi connectivity index (χ1v) is 7.70. The number of benzene rings is 2. The lowest BCUT2D eigenvalue weighted by Gasteiger charge is -2.11. The van der Waals surface area contributed by atoms with Crippen molar-refractivity contribution in [1.29, 1.82) is 0 Å². The molecule has 2 amide bonds. The topological polar surface area (TPSA) is 83.4 Å². The largest absolute Gasteiger partial charge is 0.459 e. The Bertz CT molecular complexity index is 874. The lowest BCUT2D eigenvalue weighted by Crippen LogP contribution is -2.29. The van der Waals surface area contributed by atoms with Gasteiger partial charge in [-0.05, 0) is 48.9 Å². The van der Waals surface area contributed by atoms with Crippen molar-refractivity contribution in [3.63, 3.8) is 0 Å². The number of hydrogen-bond acceptors (Lipinski definition) is 4. The summed E-state index contributed by atoms with van der Waals surface area (Å²) in [5.74, 6) is -0.467. The van der Waals surface area contributed by atoms with Gasteiger partial charge in [0.1, 0.15) is 0 Å². The molecule has 0 spiro atoms. The van der Waals surface area contributed by atoms with E-state index in [-0.39, 0.29) is 17.6 Å². The van der Waals surface area contributed by atoms with E-state index in [0.29, 0.717) is 11.3 Å². The number of nitrogens with one attached hydrogen (secondary N) is 3. The molecular weight excluding hydrogens is 318 g/mol. The highest BCUT2D eigenvalue weighted by Crippen LogP contribution is 2.18. The van der Waals surface area contributed by atoms with Crippen LogP contribution in [0.25, 0.3) is 0 Å². The molecule has 0 bridgehead atoms. The number of para-hydroxylation sites is 1. The fourth-order valence-corrected chi connectivity index (χ4v) is 2.21. The van der Waals surface area contributed by atoms with Crippen LogP contribution in [0.2, 0.25) is 0 Å². The molecule has 0 unspecified atom stereocenters. The van der Waals surface area contributed by atoms with Gasteiger partial charge in [0.2, 0.25) is 0 Å². The van der Waals surface area contributed by atoms with Gasteiger partial charge in [-0.25, -0.2) is 0 Å². The Morgan fingerprint density at radius 1 is 0.920 bits per heavy atom. The smallest absolute Gasteiger partial charge is 0.291 e. The summed E-state index contributed by atoms with van der Waals surface area (Å²) in [6.45, 7) is 1.85. The molecule has 0 fully saturated rings. The molecule has 1 heterocycles. The van der Waals surface area contributed by atoms with Gasteiger partial charge in [0.25, 0.3) is 11.8 Å². The molecule has 0 aliphatic heterocycles. The fourth-order valence-electron chi connectivity index (χ4n) is 2.21. The van der Waals surface area contributed by atoms with Gasteiger partial charge in [-0.1, -0.05) is 24.3 Å². The van der Waals surface area contributed by atoms with Gasteiger partial charge in [-0.2, -0.15) is 0 Å². The highest BCUT2D eigenvalue weighted by atomic mass is 16.3. The molecule has 0 radical (unpaired) electrons. The summed E-state index contributed by atoms with van der Waals surface area (Å²) in [6, 6.07) is 17.6. The van der Waals surface area contributed by atoms with Crippen LogP contribution in [0.4, 0.5) is 11.4 Å². The van der Waals surface area contributed by atoms with E-state index in [9.17, 15) is 9.59 Å². The zero-order chi connectivity index (χ0) is 17.6. The van der Waals surface area contributed by atoms with E-state index in [0.717, 1.165) is 11.3 Å². The third-order valence-corrected chi connectivity index (χ3v) is 3.59. The Balaban J connectivity index is 1.70. The normalized spacial score (nSPS) is 10.1. The number of hydrogen-bond donors (Lipinski definition) is 3. The van der Waals surface area contributed by atoms with E-state index in [1.165, 1.54) is 6.26 Å². The summed E-state index contributed by atoms with van der Waals surface area (Å²) in [5, 5.41) is 2.75. The van der Waals surface area contributed by atoms with Crippen LogP contribution < -0.4 is 16.2 Å². The third kappa shape index (κ3) is 4.06. The van der Waals surface area contributed by atoms with Gasteiger partial charge in [-0.3, -0.25) is 20.4 Å². The van der Waals surface area contributed by atoms with Crippen LogP contribution in [0.15, 0.2) is 71.3 Å². The van der Waals surface area contributed by atoms with Gasteiger partial charge in [0.05, 0.1) is 12.0 Å². The highest BCUT2D eigenvalue weighted by Gasteiger charge is 2.13. The minimum atomic E-state index is -0.368. The van der Waals surface area contributed by atoms with Crippen molar-refractivity contribution >= 4 is 23.2 Å². The Morgan fingerprint density at radius 3 is 2.44 bits per heavy atom. The van der Waals surface area contributed by atoms with Crippen LogP contribution in [-0.4, -0.2) is 11.8 Å². The van der Waals surface area contributed by atoms with Crippen molar-refractivity contribution in [2.45, 2.75) is 6.92 Å². The molecular formula is C19H17N3O3. The van der Waals surface area contributed by atoms with E-state index in [1.807, 2.05) is 37.3 Å². The summed E-state index contributed by atoms with van der Waals surface area (Å²) in [7, 11) is 0. The second kappa shape index (κ2) is 7.35. The first kappa shape index (κ1) is 16.3. The molecule has 1 aromatic heterocycles. The number of aryl methyl sites for hydroxylation is 1. The highest BCUT2D eigenvalue weighted by molar-refractivity contribution is 6.04. The predicted octanol–water partition coefficient (Wildman–Crippen LogP) is 3.60. The maximum absolute atomic E-state index is 12.3. The second-order valence-electron chi connectivity index (χ2n) is 5.41. The fraction of sp³-hybridized carbons (Fsp3) is 0.0526. The van der Waals surface area contributed by atoms with Crippen molar-refractivity contribution in [3.05, 3.63) is 83.8 Å². The van der Waals surface area contributed by atoms with Crippen molar-refractivity contribution in [3.8, 4) is 0 Å². The van der Waals surface area contributed by atoms with Gasteiger partial charge in [-0.15, -0.1) is 0 Å². The zero-order valence-electron chi connectivity index (χ0n) is 13.6. The van der Waals surface area contributed by atoms with Crippen LogP contribution in [0.3, 0.4) is 0 Å². The average molecular weight is 335 g/mol. The summed E-state index contributed by atoms with van der Waals surface area (Å²) >= 11 is 0. The molecule has 126 valence electrons. The summed E-state index contributed by atoms with van der Waals surface area (Å²) in [6.07, 6.45) is 1.43. The molecule has 25 heavy (non-hydrogen) atoms. The lowest BCUT2D eigenvalue weighted by molar-refractivity contribution is 0.0960. The second-order valence-corrected chi connectivity index (χ2v) is 5.41. The molecule has 3 aromatic rings. The molecule has 3 N–H and O–H groups in total. The molecule has 6 nitrogen and oxygen atoms in total. The quantitative estimate of drug-likeness (QED) is 0.622. The van der Waals surface area contributed by atoms with Gasteiger partial charge in [0.15, 0.2) is 5.76 Å². The minimum Gasteiger partial charge on any atom is -0.459 e. The molecule has 0 aliphatic rings. The van der Waals surface area contributed by atoms with E-state index in [2.05, 4.69) is 16.2 Å². The molecule has 3 rings (SSSR count). The summed E-state index contributed by atoms with van der Waals surface area (Å²) in [5.41, 5.74) is 8.04. The maximum Gasteiger partial charge on any atom is 0.291 e. The molecule has 0 atom stereocenters. The molecule has 0 saturated heterocycles. The Labute approximate surface area is 144 Å². The average Bonchev–Trinajstić information content (AvgIpc) is 3.17. The van der Waals surface area contributed by atoms with Crippen LogP contribution in [0.5, 0.6) is 0 Å². The SMILES string of the molecule is Cc1ccc(C(=O)NNc2ccccc2)cc1NC(=O)c1ccco1. The number of anilines is 2. The van der Waals surface area contributed by atoms with Gasteiger partial charge >= 0.3 is 0 Å². The monoisotopic (exact) mass is 335 g/mol. The standard InChI is InChI=1S/C19H17N3O3/c1-13-9-10-14(18(23)22-21-15-6-3-2-4-7-15)12-16(13)20-19(24)17-8-5-11-25-17/h2-12,21H,1H3,(H,20,24)(H,22,23). The van der Waals surface area contributed by atoms with Crippen molar-refractivity contribution in [2.24, 2.45) is 0 Å². The Morgan fingerprint density at radius 2 is 1.72 bits per heavy atom. The number of furan rings is 1. The zero-order valence-corrected chi connectivity index (χ0v) is 13.6. The predicted molar refractivity (Wildman–Crippen MR) is 95.4 cm³/mol. The first-order valence-electron chi connectivity index (χ1n) is 7.70. The van der Waals surface area contributed by atoms with Crippen LogP contribution >= 0.6 is 0 Å². The van der Waals surface area contributed by atoms with Crippen LogP contribution in [0.1, 0.15) is 26.5 Å². The van der Waals surface area contributed by atoms with Gasteiger partial charge in [0, 0.05) is 11.3 Å². The van der Waals surface area contributed by atoms with Crippen LogP contribution in [0, 0.1) is 6.92 Å². The molecule has 6 heteroatoms. The van der Waals surface area contributed by atoms with Crippen molar-refractivity contribution in [1.82, 2.24) is 5.43 Å². The van der Waals surface area contributed by atoms with Crippen molar-refractivity contribution < 1.29 is 14.0 Å². The Hall–Kier alpha value is -3.54. The number of amides is 2. The van der Waals surface area contributed by atoms with E-state index >= 15 is 0 Å². The summed E-state index contributed by atoms with van der Waals surface area (Å²) in [4.78, 5) is 24.4. The van der Waals surface area contributed by atoms with E-state index < -0.39 is 0 Å². The van der Waals surface area contributed by atoms with Crippen LogP contribution in [-0.2, 0) is 0 Å². The maximum atomic E-state index is 12.3. The lowest BCUT2D eigenvalue weighted by atomic mass is 10.1. The first-order chi connectivity index (χ1) is 12.1.